The minimum Gasteiger partial charge on any atom is -0.361 e. The standard InChI is InChI=1S/C13H16N2O4S/c1-8-6-11(19-9(8)2)13(16)15-10-4-5-14-12(7-10)20(3,17)18/h4-5,7,9,11H,1,6H2,2-3H3,(H,14,15,16). The first-order chi connectivity index (χ1) is 9.27. The van der Waals surface area contributed by atoms with E-state index in [9.17, 15) is 13.2 Å². The highest BCUT2D eigenvalue weighted by Crippen LogP contribution is 2.25. The van der Waals surface area contributed by atoms with Crippen LogP contribution in [0.3, 0.4) is 0 Å². The van der Waals surface area contributed by atoms with Gasteiger partial charge in [-0.25, -0.2) is 13.4 Å². The van der Waals surface area contributed by atoms with E-state index in [1.807, 2.05) is 6.92 Å². The highest BCUT2D eigenvalue weighted by Gasteiger charge is 2.31. The van der Waals surface area contributed by atoms with E-state index >= 15 is 0 Å². The predicted octanol–water partition coefficient (Wildman–Crippen LogP) is 1.16. The van der Waals surface area contributed by atoms with Crippen LogP contribution < -0.4 is 5.32 Å². The summed E-state index contributed by atoms with van der Waals surface area (Å²) in [5, 5.41) is 2.55. The second-order valence-corrected chi connectivity index (χ2v) is 6.74. The molecular weight excluding hydrogens is 280 g/mol. The molecule has 108 valence electrons. The number of pyridine rings is 1. The summed E-state index contributed by atoms with van der Waals surface area (Å²) in [7, 11) is -3.41. The molecule has 0 bridgehead atoms. The van der Waals surface area contributed by atoms with Gasteiger partial charge in [0.25, 0.3) is 5.91 Å². The molecule has 0 aliphatic carbocycles. The Morgan fingerprint density at radius 3 is 2.80 bits per heavy atom. The lowest BCUT2D eigenvalue weighted by molar-refractivity contribution is -0.126. The predicted molar refractivity (Wildman–Crippen MR) is 74.1 cm³/mol. The second kappa shape index (κ2) is 5.34. The Kier molecular flexibility index (Phi) is 3.92. The number of ether oxygens (including phenoxy) is 1. The first kappa shape index (κ1) is 14.7. The van der Waals surface area contributed by atoms with Crippen molar-refractivity contribution in [2.45, 2.75) is 30.6 Å². The van der Waals surface area contributed by atoms with E-state index in [4.69, 9.17) is 4.74 Å². The fourth-order valence-electron chi connectivity index (χ4n) is 1.86. The third-order valence-electron chi connectivity index (χ3n) is 3.07. The Hall–Kier alpha value is -1.73. The Labute approximate surface area is 117 Å². The SMILES string of the molecule is C=C1CC(C(=O)Nc2ccnc(S(C)(=O)=O)c2)OC1C. The number of hydrogen-bond acceptors (Lipinski definition) is 5. The molecule has 1 aliphatic heterocycles. The molecule has 0 saturated carbocycles. The monoisotopic (exact) mass is 296 g/mol. The van der Waals surface area contributed by atoms with Gasteiger partial charge in [-0.1, -0.05) is 6.58 Å². The van der Waals surface area contributed by atoms with Crippen LogP contribution in [-0.2, 0) is 19.4 Å². The van der Waals surface area contributed by atoms with Crippen LogP contribution in [0, 0.1) is 0 Å². The zero-order valence-corrected chi connectivity index (χ0v) is 12.1. The van der Waals surface area contributed by atoms with E-state index in [2.05, 4.69) is 16.9 Å². The zero-order valence-electron chi connectivity index (χ0n) is 11.3. The number of nitrogens with zero attached hydrogens (tertiary/aromatic N) is 1. The highest BCUT2D eigenvalue weighted by molar-refractivity contribution is 7.90. The molecule has 2 unspecified atom stereocenters. The molecule has 1 fully saturated rings. The van der Waals surface area contributed by atoms with Crippen LogP contribution in [0.25, 0.3) is 0 Å². The van der Waals surface area contributed by atoms with Crippen molar-refractivity contribution < 1.29 is 17.9 Å². The number of aromatic nitrogens is 1. The van der Waals surface area contributed by atoms with Gasteiger partial charge in [0.05, 0.1) is 6.10 Å². The fourth-order valence-corrected chi connectivity index (χ4v) is 2.46. The third kappa shape index (κ3) is 3.23. The van der Waals surface area contributed by atoms with E-state index in [0.717, 1.165) is 11.8 Å². The number of carbonyl (C=O) groups is 1. The summed E-state index contributed by atoms with van der Waals surface area (Å²) in [6, 6.07) is 2.85. The first-order valence-corrected chi connectivity index (χ1v) is 7.96. The number of carbonyl (C=O) groups excluding carboxylic acids is 1. The topological polar surface area (TPSA) is 85.4 Å². The van der Waals surface area contributed by atoms with E-state index in [-0.39, 0.29) is 17.0 Å². The zero-order chi connectivity index (χ0) is 14.9. The fraction of sp³-hybridized carbons (Fsp3) is 0.385. The lowest BCUT2D eigenvalue weighted by atomic mass is 10.1. The molecule has 7 heteroatoms. The summed E-state index contributed by atoms with van der Waals surface area (Å²) in [6.45, 7) is 5.66. The van der Waals surface area contributed by atoms with Gasteiger partial charge in [-0.3, -0.25) is 4.79 Å². The van der Waals surface area contributed by atoms with Crippen molar-refractivity contribution in [3.05, 3.63) is 30.5 Å². The minimum atomic E-state index is -3.41. The molecule has 20 heavy (non-hydrogen) atoms. The summed E-state index contributed by atoms with van der Waals surface area (Å²) in [5.74, 6) is -0.318. The lowest BCUT2D eigenvalue weighted by Gasteiger charge is -2.11. The van der Waals surface area contributed by atoms with Crippen molar-refractivity contribution in [2.24, 2.45) is 0 Å². The van der Waals surface area contributed by atoms with Crippen molar-refractivity contribution in [1.29, 1.82) is 0 Å². The third-order valence-corrected chi connectivity index (χ3v) is 4.05. The van der Waals surface area contributed by atoms with Crippen molar-refractivity contribution in [3.63, 3.8) is 0 Å². The summed E-state index contributed by atoms with van der Waals surface area (Å²) >= 11 is 0. The number of sulfone groups is 1. The summed E-state index contributed by atoms with van der Waals surface area (Å²) < 4.78 is 28.3. The van der Waals surface area contributed by atoms with E-state index < -0.39 is 15.9 Å². The van der Waals surface area contributed by atoms with Crippen molar-refractivity contribution in [1.82, 2.24) is 4.98 Å². The van der Waals surface area contributed by atoms with Crippen molar-refractivity contribution in [2.75, 3.05) is 11.6 Å². The van der Waals surface area contributed by atoms with Gasteiger partial charge >= 0.3 is 0 Å². The first-order valence-electron chi connectivity index (χ1n) is 6.07. The summed E-state index contributed by atoms with van der Waals surface area (Å²) in [6.07, 6.45) is 2.13. The largest absolute Gasteiger partial charge is 0.361 e. The molecule has 0 radical (unpaired) electrons. The number of anilines is 1. The van der Waals surface area contributed by atoms with Crippen LogP contribution in [0.1, 0.15) is 13.3 Å². The molecule has 2 atom stereocenters. The molecule has 0 spiro atoms. The van der Waals surface area contributed by atoms with Crippen LogP contribution in [0.5, 0.6) is 0 Å². The minimum absolute atomic E-state index is 0.0829. The number of nitrogens with one attached hydrogen (secondary N) is 1. The van der Waals surface area contributed by atoms with Gasteiger partial charge in [-0.2, -0.15) is 0 Å². The van der Waals surface area contributed by atoms with Gasteiger partial charge in [0.2, 0.25) is 0 Å². The molecule has 1 aliphatic rings. The molecule has 1 aromatic rings. The molecule has 1 amide bonds. The Morgan fingerprint density at radius 2 is 2.25 bits per heavy atom. The Balaban J connectivity index is 2.11. The van der Waals surface area contributed by atoms with E-state index in [0.29, 0.717) is 12.1 Å². The van der Waals surface area contributed by atoms with Crippen LogP contribution in [0.2, 0.25) is 0 Å². The molecule has 2 heterocycles. The smallest absolute Gasteiger partial charge is 0.253 e. The quantitative estimate of drug-likeness (QED) is 0.846. The molecule has 2 rings (SSSR count). The molecule has 0 aromatic carbocycles. The number of amides is 1. The molecule has 1 N–H and O–H groups in total. The van der Waals surface area contributed by atoms with Gasteiger partial charge in [-0.05, 0) is 24.6 Å². The average Bonchev–Trinajstić information content (AvgIpc) is 2.69. The molecular formula is C13H16N2O4S. The van der Waals surface area contributed by atoms with Crippen LogP contribution in [0.15, 0.2) is 35.5 Å². The molecule has 1 saturated heterocycles. The van der Waals surface area contributed by atoms with Gasteiger partial charge < -0.3 is 10.1 Å². The normalized spacial score (nSPS) is 22.8. The number of rotatable bonds is 3. The average molecular weight is 296 g/mol. The van der Waals surface area contributed by atoms with Gasteiger partial charge in [0, 0.05) is 24.6 Å². The molecule has 1 aromatic heterocycles. The van der Waals surface area contributed by atoms with Gasteiger partial charge in [-0.15, -0.1) is 0 Å². The maximum atomic E-state index is 12.0. The van der Waals surface area contributed by atoms with E-state index in [1.165, 1.54) is 18.3 Å². The molecule has 6 nitrogen and oxygen atoms in total. The Bertz CT molecular complexity index is 654. The van der Waals surface area contributed by atoms with Gasteiger partial charge in [0.1, 0.15) is 6.10 Å². The number of hydrogen-bond donors (Lipinski definition) is 1. The van der Waals surface area contributed by atoms with Crippen molar-refractivity contribution in [3.8, 4) is 0 Å². The second-order valence-electron chi connectivity index (χ2n) is 4.77. The van der Waals surface area contributed by atoms with Crippen LogP contribution in [-0.4, -0.2) is 37.8 Å². The Morgan fingerprint density at radius 1 is 1.55 bits per heavy atom. The van der Waals surface area contributed by atoms with E-state index in [1.54, 1.807) is 0 Å². The maximum absolute atomic E-state index is 12.0. The maximum Gasteiger partial charge on any atom is 0.253 e. The summed E-state index contributed by atoms with van der Waals surface area (Å²) in [5.41, 5.74) is 1.25. The van der Waals surface area contributed by atoms with Crippen LogP contribution in [0.4, 0.5) is 5.69 Å². The lowest BCUT2D eigenvalue weighted by Crippen LogP contribution is -2.27. The van der Waals surface area contributed by atoms with Gasteiger partial charge in [0.15, 0.2) is 14.9 Å². The highest BCUT2D eigenvalue weighted by atomic mass is 32.2. The van der Waals surface area contributed by atoms with Crippen molar-refractivity contribution >= 4 is 21.4 Å². The summed E-state index contributed by atoms with van der Waals surface area (Å²) in [4.78, 5) is 15.8. The van der Waals surface area contributed by atoms with Crippen LogP contribution >= 0.6 is 0 Å².